The Morgan fingerprint density at radius 1 is 1.33 bits per heavy atom. The van der Waals surface area contributed by atoms with E-state index in [2.05, 4.69) is 41.9 Å². The first-order valence-corrected chi connectivity index (χ1v) is 4.84. The van der Waals surface area contributed by atoms with Gasteiger partial charge in [-0.3, -0.25) is 0 Å². The minimum atomic E-state index is 0.112. The zero-order valence-corrected chi connectivity index (χ0v) is 9.27. The first-order valence-electron chi connectivity index (χ1n) is 4.04. The van der Waals surface area contributed by atoms with Gasteiger partial charge in [-0.05, 0) is 49.6 Å². The minimum Gasteiger partial charge on any atom is -0.324 e. The van der Waals surface area contributed by atoms with Crippen molar-refractivity contribution in [1.82, 2.24) is 0 Å². The van der Waals surface area contributed by atoms with E-state index < -0.39 is 0 Å². The number of hydrogen-bond donors (Lipinski definition) is 1. The maximum Gasteiger partial charge on any atom is 0.0269 e. The summed E-state index contributed by atoms with van der Waals surface area (Å²) in [6, 6.07) is 4.31. The first kappa shape index (κ1) is 9.75. The molecule has 1 aromatic rings. The van der Waals surface area contributed by atoms with Gasteiger partial charge in [0.05, 0.1) is 0 Å². The van der Waals surface area contributed by atoms with Crippen molar-refractivity contribution >= 4 is 15.9 Å². The summed E-state index contributed by atoms with van der Waals surface area (Å²) in [7, 11) is 0. The maximum atomic E-state index is 5.83. The molecule has 2 heteroatoms. The van der Waals surface area contributed by atoms with E-state index in [0.29, 0.717) is 0 Å². The van der Waals surface area contributed by atoms with Gasteiger partial charge in [-0.25, -0.2) is 0 Å². The molecule has 0 aliphatic rings. The summed E-state index contributed by atoms with van der Waals surface area (Å²) in [6.07, 6.45) is 0. The Hall–Kier alpha value is -0.340. The SMILES string of the molecule is Cc1cc(Br)cc(C(C)N)c1C. The van der Waals surface area contributed by atoms with Crippen LogP contribution in [0.5, 0.6) is 0 Å². The Morgan fingerprint density at radius 3 is 2.42 bits per heavy atom. The lowest BCUT2D eigenvalue weighted by molar-refractivity contribution is 0.807. The highest BCUT2D eigenvalue weighted by atomic mass is 79.9. The quantitative estimate of drug-likeness (QED) is 0.785. The molecular weight excluding hydrogens is 214 g/mol. The van der Waals surface area contributed by atoms with E-state index in [0.717, 1.165) is 4.47 Å². The zero-order chi connectivity index (χ0) is 9.30. The van der Waals surface area contributed by atoms with Gasteiger partial charge in [0.25, 0.3) is 0 Å². The van der Waals surface area contributed by atoms with Gasteiger partial charge in [0.2, 0.25) is 0 Å². The molecule has 0 aromatic heterocycles. The van der Waals surface area contributed by atoms with Gasteiger partial charge < -0.3 is 5.73 Å². The number of hydrogen-bond acceptors (Lipinski definition) is 1. The van der Waals surface area contributed by atoms with Crippen LogP contribution in [0.3, 0.4) is 0 Å². The van der Waals surface area contributed by atoms with Gasteiger partial charge in [-0.15, -0.1) is 0 Å². The number of nitrogens with two attached hydrogens (primary N) is 1. The number of halogens is 1. The second-order valence-corrected chi connectivity index (χ2v) is 4.14. The third-order valence-electron chi connectivity index (χ3n) is 2.16. The molecule has 1 atom stereocenters. The van der Waals surface area contributed by atoms with Crippen molar-refractivity contribution in [2.45, 2.75) is 26.8 Å². The predicted octanol–water partition coefficient (Wildman–Crippen LogP) is 3.09. The molecule has 1 unspecified atom stereocenters. The molecule has 0 saturated carbocycles. The second-order valence-electron chi connectivity index (χ2n) is 3.23. The largest absolute Gasteiger partial charge is 0.324 e. The highest BCUT2D eigenvalue weighted by Gasteiger charge is 2.06. The molecule has 0 spiro atoms. The second kappa shape index (κ2) is 3.58. The zero-order valence-electron chi connectivity index (χ0n) is 7.69. The van der Waals surface area contributed by atoms with Crippen molar-refractivity contribution in [2.24, 2.45) is 5.73 Å². The molecule has 2 N–H and O–H groups in total. The summed E-state index contributed by atoms with van der Waals surface area (Å²) in [6.45, 7) is 6.22. The smallest absolute Gasteiger partial charge is 0.0269 e. The van der Waals surface area contributed by atoms with E-state index in [4.69, 9.17) is 5.73 Å². The molecular formula is C10H14BrN. The van der Waals surface area contributed by atoms with Crippen LogP contribution >= 0.6 is 15.9 Å². The molecule has 0 bridgehead atoms. The number of benzene rings is 1. The Labute approximate surface area is 82.1 Å². The molecule has 0 radical (unpaired) electrons. The van der Waals surface area contributed by atoms with Crippen LogP contribution in [-0.2, 0) is 0 Å². The summed E-state index contributed by atoms with van der Waals surface area (Å²) >= 11 is 3.46. The lowest BCUT2D eigenvalue weighted by Gasteiger charge is -2.12. The van der Waals surface area contributed by atoms with Gasteiger partial charge in [0, 0.05) is 10.5 Å². The molecule has 0 heterocycles. The Balaban J connectivity index is 3.28. The van der Waals surface area contributed by atoms with Crippen LogP contribution in [0.2, 0.25) is 0 Å². The van der Waals surface area contributed by atoms with E-state index in [1.54, 1.807) is 0 Å². The van der Waals surface area contributed by atoms with Crippen molar-refractivity contribution in [2.75, 3.05) is 0 Å². The Morgan fingerprint density at radius 2 is 1.92 bits per heavy atom. The van der Waals surface area contributed by atoms with E-state index >= 15 is 0 Å². The normalized spacial score (nSPS) is 13.1. The van der Waals surface area contributed by atoms with Gasteiger partial charge >= 0.3 is 0 Å². The van der Waals surface area contributed by atoms with Crippen molar-refractivity contribution in [3.8, 4) is 0 Å². The summed E-state index contributed by atoms with van der Waals surface area (Å²) in [5.74, 6) is 0. The fourth-order valence-corrected chi connectivity index (χ4v) is 1.90. The average molecular weight is 228 g/mol. The highest BCUT2D eigenvalue weighted by molar-refractivity contribution is 9.10. The Bertz CT molecular complexity index is 292. The summed E-state index contributed by atoms with van der Waals surface area (Å²) in [4.78, 5) is 0. The lowest BCUT2D eigenvalue weighted by atomic mass is 9.99. The van der Waals surface area contributed by atoms with E-state index in [-0.39, 0.29) is 6.04 Å². The van der Waals surface area contributed by atoms with Crippen LogP contribution in [0.1, 0.15) is 29.7 Å². The van der Waals surface area contributed by atoms with Crippen LogP contribution < -0.4 is 5.73 Å². The predicted molar refractivity (Wildman–Crippen MR) is 56.2 cm³/mol. The fraction of sp³-hybridized carbons (Fsp3) is 0.400. The van der Waals surface area contributed by atoms with Crippen molar-refractivity contribution in [3.63, 3.8) is 0 Å². The van der Waals surface area contributed by atoms with Crippen LogP contribution in [0.15, 0.2) is 16.6 Å². The number of rotatable bonds is 1. The summed E-state index contributed by atoms with van der Waals surface area (Å²) in [5, 5.41) is 0. The standard InChI is InChI=1S/C10H14BrN/c1-6-4-9(11)5-10(7(6)2)8(3)12/h4-5,8H,12H2,1-3H3. The van der Waals surface area contributed by atoms with E-state index in [9.17, 15) is 0 Å². The maximum absolute atomic E-state index is 5.83. The van der Waals surface area contributed by atoms with Crippen LogP contribution in [-0.4, -0.2) is 0 Å². The summed E-state index contributed by atoms with van der Waals surface area (Å²) in [5.41, 5.74) is 9.64. The van der Waals surface area contributed by atoms with Crippen molar-refractivity contribution in [1.29, 1.82) is 0 Å². The molecule has 0 fully saturated rings. The van der Waals surface area contributed by atoms with Crippen LogP contribution in [0.25, 0.3) is 0 Å². The minimum absolute atomic E-state index is 0.112. The molecule has 0 saturated heterocycles. The molecule has 0 aliphatic carbocycles. The average Bonchev–Trinajstić information content (AvgIpc) is 1.96. The molecule has 12 heavy (non-hydrogen) atoms. The molecule has 66 valence electrons. The molecule has 1 nitrogen and oxygen atoms in total. The third kappa shape index (κ3) is 1.87. The molecule has 1 aromatic carbocycles. The molecule has 0 amide bonds. The monoisotopic (exact) mass is 227 g/mol. The number of aryl methyl sites for hydroxylation is 1. The van der Waals surface area contributed by atoms with Crippen molar-refractivity contribution < 1.29 is 0 Å². The van der Waals surface area contributed by atoms with Gasteiger partial charge in [0.1, 0.15) is 0 Å². The third-order valence-corrected chi connectivity index (χ3v) is 2.62. The summed E-state index contributed by atoms with van der Waals surface area (Å²) < 4.78 is 1.11. The Kier molecular flexibility index (Phi) is 2.91. The molecule has 1 rings (SSSR count). The van der Waals surface area contributed by atoms with Crippen molar-refractivity contribution in [3.05, 3.63) is 33.3 Å². The molecule has 0 aliphatic heterocycles. The van der Waals surface area contributed by atoms with Crippen LogP contribution in [0.4, 0.5) is 0 Å². The first-order chi connectivity index (χ1) is 5.52. The van der Waals surface area contributed by atoms with E-state index in [1.807, 2.05) is 6.92 Å². The highest BCUT2D eigenvalue weighted by Crippen LogP contribution is 2.23. The van der Waals surface area contributed by atoms with Gasteiger partial charge in [0.15, 0.2) is 0 Å². The van der Waals surface area contributed by atoms with Gasteiger partial charge in [-0.1, -0.05) is 15.9 Å². The lowest BCUT2D eigenvalue weighted by Crippen LogP contribution is -2.07. The topological polar surface area (TPSA) is 26.0 Å². The van der Waals surface area contributed by atoms with Crippen LogP contribution in [0, 0.1) is 13.8 Å². The van der Waals surface area contributed by atoms with Gasteiger partial charge in [-0.2, -0.15) is 0 Å². The fourth-order valence-electron chi connectivity index (χ4n) is 1.31. The van der Waals surface area contributed by atoms with E-state index in [1.165, 1.54) is 16.7 Å².